The van der Waals surface area contributed by atoms with Gasteiger partial charge in [-0.25, -0.2) is 0 Å². The largest absolute Gasteiger partial charge is 0.0649 e. The highest BCUT2D eigenvalue weighted by atomic mass is 79.9. The van der Waals surface area contributed by atoms with Crippen molar-refractivity contribution >= 4 is 22.0 Å². The third-order valence-electron chi connectivity index (χ3n) is 3.47. The molecule has 0 nitrogen and oxygen atoms in total. The van der Waals surface area contributed by atoms with Gasteiger partial charge in [-0.05, 0) is 48.1 Å². The minimum atomic E-state index is 1.09. The van der Waals surface area contributed by atoms with Gasteiger partial charge in [-0.1, -0.05) is 64.0 Å². The number of hydrogen-bond acceptors (Lipinski definition) is 0. The molecule has 1 aliphatic rings. The zero-order valence-corrected chi connectivity index (χ0v) is 11.8. The van der Waals surface area contributed by atoms with Gasteiger partial charge >= 0.3 is 0 Å². The predicted octanol–water partition coefficient (Wildman–Crippen LogP) is 5.02. The van der Waals surface area contributed by atoms with Crippen LogP contribution in [0.4, 0.5) is 0 Å². The summed E-state index contributed by atoms with van der Waals surface area (Å²) in [6.45, 7) is 0. The zero-order valence-electron chi connectivity index (χ0n) is 10.2. The van der Waals surface area contributed by atoms with Crippen LogP contribution >= 0.6 is 15.9 Å². The lowest BCUT2D eigenvalue weighted by Crippen LogP contribution is -2.05. The van der Waals surface area contributed by atoms with Gasteiger partial charge in [0, 0.05) is 4.47 Å². The molecule has 0 bridgehead atoms. The molecule has 18 heavy (non-hydrogen) atoms. The van der Waals surface area contributed by atoms with Gasteiger partial charge in [-0.3, -0.25) is 0 Å². The summed E-state index contributed by atoms with van der Waals surface area (Å²) in [6.07, 6.45) is 5.78. The first kappa shape index (κ1) is 11.7. The van der Waals surface area contributed by atoms with Crippen molar-refractivity contribution in [3.05, 3.63) is 75.3 Å². The molecule has 0 amide bonds. The molecule has 0 radical (unpaired) electrons. The van der Waals surface area contributed by atoms with Crippen LogP contribution in [0.3, 0.4) is 0 Å². The van der Waals surface area contributed by atoms with E-state index in [2.05, 4.69) is 70.5 Å². The highest BCUT2D eigenvalue weighted by Crippen LogP contribution is 2.28. The van der Waals surface area contributed by atoms with Gasteiger partial charge < -0.3 is 0 Å². The monoisotopic (exact) mass is 298 g/mol. The molecule has 0 saturated carbocycles. The normalized spacial score (nSPS) is 16.6. The van der Waals surface area contributed by atoms with Crippen molar-refractivity contribution in [1.29, 1.82) is 0 Å². The molecular weight excluding hydrogens is 284 g/mol. The molecule has 0 fully saturated rings. The fourth-order valence-electron chi connectivity index (χ4n) is 2.54. The molecule has 0 heterocycles. The Morgan fingerprint density at radius 1 is 0.889 bits per heavy atom. The molecule has 0 aliphatic heterocycles. The van der Waals surface area contributed by atoms with E-state index in [0.717, 1.165) is 6.42 Å². The van der Waals surface area contributed by atoms with E-state index in [1.54, 1.807) is 0 Å². The zero-order chi connectivity index (χ0) is 12.4. The van der Waals surface area contributed by atoms with Gasteiger partial charge in [-0.2, -0.15) is 0 Å². The van der Waals surface area contributed by atoms with Crippen LogP contribution in [0.5, 0.6) is 0 Å². The second kappa shape index (κ2) is 5.11. The summed E-state index contributed by atoms with van der Waals surface area (Å²) in [6, 6.07) is 17.2. The van der Waals surface area contributed by atoms with E-state index in [4.69, 9.17) is 0 Å². The molecular formula is C17H15Br. The number of fused-ring (bicyclic) bond motifs is 1. The summed E-state index contributed by atoms with van der Waals surface area (Å²) in [5.74, 6) is 0. The summed E-state index contributed by atoms with van der Waals surface area (Å²) in [5, 5.41) is 0. The SMILES string of the molecule is Brc1ccc2c(c1)CC(=Cc1ccccc1)CC2. The van der Waals surface area contributed by atoms with E-state index in [9.17, 15) is 0 Å². The Bertz CT molecular complexity index is 582. The molecule has 2 aromatic carbocycles. The standard InChI is InChI=1S/C17H15Br/c18-17-9-8-15-7-6-14(11-16(15)12-17)10-13-4-2-1-3-5-13/h1-5,8-10,12H,6-7,11H2. The Hall–Kier alpha value is -1.34. The van der Waals surface area contributed by atoms with Crippen molar-refractivity contribution in [3.63, 3.8) is 0 Å². The Labute approximate surface area is 116 Å². The number of benzene rings is 2. The lowest BCUT2D eigenvalue weighted by atomic mass is 9.87. The molecule has 0 atom stereocenters. The van der Waals surface area contributed by atoms with E-state index in [0.29, 0.717) is 0 Å². The topological polar surface area (TPSA) is 0 Å². The first-order valence-corrected chi connectivity index (χ1v) is 7.12. The Balaban J connectivity index is 1.89. The Morgan fingerprint density at radius 2 is 1.72 bits per heavy atom. The van der Waals surface area contributed by atoms with E-state index in [1.165, 1.54) is 39.6 Å². The van der Waals surface area contributed by atoms with Gasteiger partial charge in [-0.15, -0.1) is 0 Å². The third-order valence-corrected chi connectivity index (χ3v) is 3.96. The third kappa shape index (κ3) is 2.56. The van der Waals surface area contributed by atoms with Crippen LogP contribution in [0.15, 0.2) is 58.6 Å². The average molecular weight is 299 g/mol. The minimum absolute atomic E-state index is 1.09. The fourth-order valence-corrected chi connectivity index (χ4v) is 2.95. The number of rotatable bonds is 1. The van der Waals surface area contributed by atoms with E-state index < -0.39 is 0 Å². The van der Waals surface area contributed by atoms with Crippen LogP contribution in [-0.2, 0) is 12.8 Å². The molecule has 90 valence electrons. The minimum Gasteiger partial charge on any atom is -0.0649 e. The number of allylic oxidation sites excluding steroid dienone is 1. The smallest absolute Gasteiger partial charge is 0.0178 e. The Morgan fingerprint density at radius 3 is 2.56 bits per heavy atom. The van der Waals surface area contributed by atoms with E-state index >= 15 is 0 Å². The van der Waals surface area contributed by atoms with Gasteiger partial charge in [0.15, 0.2) is 0 Å². The second-order valence-electron chi connectivity index (χ2n) is 4.80. The van der Waals surface area contributed by atoms with Gasteiger partial charge in [0.25, 0.3) is 0 Å². The molecule has 3 rings (SSSR count). The quantitative estimate of drug-likeness (QED) is 0.693. The Kier molecular flexibility index (Phi) is 3.33. The van der Waals surface area contributed by atoms with Gasteiger partial charge in [0.1, 0.15) is 0 Å². The fraction of sp³-hybridized carbons (Fsp3) is 0.176. The summed E-state index contributed by atoms with van der Waals surface area (Å²) in [7, 11) is 0. The van der Waals surface area contributed by atoms with Gasteiger partial charge in [0.2, 0.25) is 0 Å². The van der Waals surface area contributed by atoms with Crippen LogP contribution in [-0.4, -0.2) is 0 Å². The van der Waals surface area contributed by atoms with Crippen molar-refractivity contribution in [2.24, 2.45) is 0 Å². The molecule has 2 aromatic rings. The maximum atomic E-state index is 3.56. The maximum absolute atomic E-state index is 3.56. The highest BCUT2D eigenvalue weighted by molar-refractivity contribution is 9.10. The van der Waals surface area contributed by atoms with Crippen molar-refractivity contribution in [3.8, 4) is 0 Å². The molecule has 0 saturated heterocycles. The maximum Gasteiger partial charge on any atom is 0.0178 e. The van der Waals surface area contributed by atoms with Crippen molar-refractivity contribution < 1.29 is 0 Å². The molecule has 0 spiro atoms. The number of hydrogen-bond donors (Lipinski definition) is 0. The summed E-state index contributed by atoms with van der Waals surface area (Å²) in [5.41, 5.74) is 5.82. The van der Waals surface area contributed by atoms with Crippen LogP contribution in [0, 0.1) is 0 Å². The molecule has 0 N–H and O–H groups in total. The first-order chi connectivity index (χ1) is 8.81. The lowest BCUT2D eigenvalue weighted by molar-refractivity contribution is 0.842. The van der Waals surface area contributed by atoms with Crippen molar-refractivity contribution in [2.75, 3.05) is 0 Å². The van der Waals surface area contributed by atoms with Gasteiger partial charge in [0.05, 0.1) is 0 Å². The molecule has 1 heteroatoms. The average Bonchev–Trinajstić information content (AvgIpc) is 2.39. The number of halogens is 1. The first-order valence-electron chi connectivity index (χ1n) is 6.33. The molecule has 0 unspecified atom stereocenters. The van der Waals surface area contributed by atoms with Crippen LogP contribution in [0.2, 0.25) is 0 Å². The summed E-state index contributed by atoms with van der Waals surface area (Å²) in [4.78, 5) is 0. The molecule has 0 aromatic heterocycles. The van der Waals surface area contributed by atoms with E-state index in [-0.39, 0.29) is 0 Å². The van der Waals surface area contributed by atoms with Crippen LogP contribution in [0.1, 0.15) is 23.1 Å². The predicted molar refractivity (Wildman–Crippen MR) is 80.6 cm³/mol. The van der Waals surface area contributed by atoms with Crippen LogP contribution < -0.4 is 0 Å². The second-order valence-corrected chi connectivity index (χ2v) is 5.72. The van der Waals surface area contributed by atoms with Crippen molar-refractivity contribution in [2.45, 2.75) is 19.3 Å². The molecule has 1 aliphatic carbocycles. The lowest BCUT2D eigenvalue weighted by Gasteiger charge is -2.19. The number of aryl methyl sites for hydroxylation is 1. The van der Waals surface area contributed by atoms with Crippen LogP contribution in [0.25, 0.3) is 6.08 Å². The van der Waals surface area contributed by atoms with Crippen molar-refractivity contribution in [1.82, 2.24) is 0 Å². The summed E-state index contributed by atoms with van der Waals surface area (Å²) >= 11 is 3.56. The highest BCUT2D eigenvalue weighted by Gasteiger charge is 2.12. The summed E-state index contributed by atoms with van der Waals surface area (Å²) < 4.78 is 1.18. The van der Waals surface area contributed by atoms with E-state index in [1.807, 2.05) is 0 Å².